The smallest absolute Gasteiger partial charge is 0.449 e. The molecule has 0 radical (unpaired) electrons. The van der Waals surface area contributed by atoms with E-state index in [1.54, 1.807) is 11.5 Å². The minimum Gasteiger partial charge on any atom is -0.454 e. The average molecular weight is 465 g/mol. The topological polar surface area (TPSA) is 98.6 Å². The van der Waals surface area contributed by atoms with Crippen LogP contribution in [0.2, 0.25) is 0 Å². The predicted molar refractivity (Wildman–Crippen MR) is 109 cm³/mol. The number of nitro groups is 1. The summed E-state index contributed by atoms with van der Waals surface area (Å²) in [5.41, 5.74) is 0.589. The molecule has 0 saturated carbocycles. The van der Waals surface area contributed by atoms with Crippen molar-refractivity contribution < 1.29 is 27.2 Å². The van der Waals surface area contributed by atoms with E-state index in [9.17, 15) is 23.3 Å². The third-order valence-electron chi connectivity index (χ3n) is 6.20. The molecule has 5 rings (SSSR count). The first kappa shape index (κ1) is 21.6. The van der Waals surface area contributed by atoms with Crippen LogP contribution in [0.3, 0.4) is 0 Å². The molecule has 3 aliphatic heterocycles. The SMILES string of the molecule is CC1(c2ccc(C(F)(F)F)o2)C=CC2=C(CCN(C[C@@]3(C)Cn4cc([N+](=O)[O-])nc4O3)C2)N1. The zero-order chi connectivity index (χ0) is 23.6. The number of rotatable bonds is 4. The number of hydrogen-bond acceptors (Lipinski definition) is 7. The number of fused-ring (bicyclic) bond motifs is 1. The normalized spacial score (nSPS) is 27.2. The Hall–Kier alpha value is -3.28. The van der Waals surface area contributed by atoms with Gasteiger partial charge < -0.3 is 24.6 Å². The molecular weight excluding hydrogens is 443 g/mol. The summed E-state index contributed by atoms with van der Waals surface area (Å²) in [5, 5.41) is 14.3. The van der Waals surface area contributed by atoms with Gasteiger partial charge in [0.25, 0.3) is 0 Å². The average Bonchev–Trinajstić information content (AvgIpc) is 3.42. The number of hydrogen-bond donors (Lipinski definition) is 1. The molecule has 3 aliphatic rings. The highest BCUT2D eigenvalue weighted by Gasteiger charge is 2.43. The molecule has 0 spiro atoms. The number of furan rings is 1. The molecule has 9 nitrogen and oxygen atoms in total. The monoisotopic (exact) mass is 465 g/mol. The number of halogens is 3. The maximum Gasteiger partial charge on any atom is 0.449 e. The minimum atomic E-state index is -4.53. The van der Waals surface area contributed by atoms with Crippen molar-refractivity contribution in [3.8, 4) is 6.01 Å². The van der Waals surface area contributed by atoms with Crippen LogP contribution < -0.4 is 10.1 Å². The largest absolute Gasteiger partial charge is 0.454 e. The highest BCUT2D eigenvalue weighted by Crippen LogP contribution is 2.38. The van der Waals surface area contributed by atoms with Crippen LogP contribution in [-0.2, 0) is 18.3 Å². The van der Waals surface area contributed by atoms with Crippen LogP contribution in [0.25, 0.3) is 0 Å². The van der Waals surface area contributed by atoms with Crippen molar-refractivity contribution in [2.24, 2.45) is 0 Å². The Balaban J connectivity index is 1.25. The van der Waals surface area contributed by atoms with Gasteiger partial charge in [0.05, 0.1) is 6.54 Å². The van der Waals surface area contributed by atoms with Gasteiger partial charge in [-0.05, 0) is 36.5 Å². The van der Waals surface area contributed by atoms with Gasteiger partial charge in [0.15, 0.2) is 0 Å². The number of aromatic nitrogens is 2. The molecule has 0 saturated heterocycles. The van der Waals surface area contributed by atoms with E-state index in [4.69, 9.17) is 9.15 Å². The highest BCUT2D eigenvalue weighted by atomic mass is 19.4. The Kier molecular flexibility index (Phi) is 4.64. The van der Waals surface area contributed by atoms with Gasteiger partial charge in [-0.25, -0.2) is 0 Å². The van der Waals surface area contributed by atoms with E-state index < -0.39 is 28.0 Å². The van der Waals surface area contributed by atoms with Gasteiger partial charge in [0, 0.05) is 36.7 Å². The molecule has 2 aromatic heterocycles. The first-order valence-electron chi connectivity index (χ1n) is 10.4. The predicted octanol–water partition coefficient (Wildman–Crippen LogP) is 3.59. The van der Waals surface area contributed by atoms with Gasteiger partial charge >= 0.3 is 18.0 Å². The fraction of sp³-hybridized carbons (Fsp3) is 0.476. The molecule has 0 fully saturated rings. The third kappa shape index (κ3) is 3.88. The number of dihydropyridines is 1. The van der Waals surface area contributed by atoms with Crippen molar-refractivity contribution >= 4 is 5.82 Å². The Morgan fingerprint density at radius 1 is 1.33 bits per heavy atom. The third-order valence-corrected chi connectivity index (χ3v) is 6.20. The fourth-order valence-corrected chi connectivity index (χ4v) is 4.65. The van der Waals surface area contributed by atoms with Crippen LogP contribution in [0, 0.1) is 10.1 Å². The molecule has 1 N–H and O–H groups in total. The zero-order valence-corrected chi connectivity index (χ0v) is 18.0. The first-order chi connectivity index (χ1) is 15.4. The standard InChI is InChI=1S/C21H22F3N5O4/c1-19(12-28-10-17(29(30)31)25-18(28)33-19)11-27-8-6-14-13(9-27)5-7-20(2,26-14)15-3-4-16(32-15)21(22,23)24/h3-5,7,10,26H,6,8-9,11-12H2,1-2H3/t19-,20?/m0/s1. The van der Waals surface area contributed by atoms with Gasteiger partial charge in [0.1, 0.15) is 23.1 Å². The summed E-state index contributed by atoms with van der Waals surface area (Å²) in [6.45, 7) is 6.15. The van der Waals surface area contributed by atoms with Crippen molar-refractivity contribution in [1.29, 1.82) is 0 Å². The maximum absolute atomic E-state index is 12.9. The molecule has 5 heterocycles. The molecule has 0 aliphatic carbocycles. The summed E-state index contributed by atoms with van der Waals surface area (Å²) in [6, 6.07) is 2.55. The van der Waals surface area contributed by atoms with Crippen LogP contribution >= 0.6 is 0 Å². The lowest BCUT2D eigenvalue weighted by atomic mass is 9.90. The van der Waals surface area contributed by atoms with Crippen LogP contribution in [0.15, 0.2) is 46.2 Å². The molecule has 12 heteroatoms. The lowest BCUT2D eigenvalue weighted by Gasteiger charge is -2.39. The molecule has 176 valence electrons. The zero-order valence-electron chi connectivity index (χ0n) is 18.0. The van der Waals surface area contributed by atoms with E-state index in [1.807, 2.05) is 19.1 Å². The van der Waals surface area contributed by atoms with E-state index in [0.717, 1.165) is 23.9 Å². The lowest BCUT2D eigenvalue weighted by molar-refractivity contribution is -0.389. The van der Waals surface area contributed by atoms with Gasteiger partial charge in [-0.1, -0.05) is 12.2 Å². The van der Waals surface area contributed by atoms with Crippen LogP contribution in [0.5, 0.6) is 6.01 Å². The molecule has 2 atom stereocenters. The van der Waals surface area contributed by atoms with Gasteiger partial charge in [-0.15, -0.1) is 0 Å². The highest BCUT2D eigenvalue weighted by molar-refractivity contribution is 5.39. The fourth-order valence-electron chi connectivity index (χ4n) is 4.65. The second kappa shape index (κ2) is 7.11. The summed E-state index contributed by atoms with van der Waals surface area (Å²) in [6.07, 6.45) is 1.29. The summed E-state index contributed by atoms with van der Waals surface area (Å²) in [4.78, 5) is 16.5. The molecule has 0 amide bonds. The first-order valence-corrected chi connectivity index (χ1v) is 10.4. The molecule has 2 aromatic rings. The summed E-state index contributed by atoms with van der Waals surface area (Å²) < 4.78 is 51.5. The van der Waals surface area contributed by atoms with E-state index in [0.29, 0.717) is 26.1 Å². The number of alkyl halides is 3. The van der Waals surface area contributed by atoms with Crippen molar-refractivity contribution in [1.82, 2.24) is 19.8 Å². The molecule has 33 heavy (non-hydrogen) atoms. The number of nitrogens with one attached hydrogen (secondary N) is 1. The number of ether oxygens (including phenoxy) is 1. The van der Waals surface area contributed by atoms with Gasteiger partial charge in [-0.2, -0.15) is 13.2 Å². The number of imidazole rings is 1. The number of nitrogens with zero attached hydrogens (tertiary/aromatic N) is 4. The Morgan fingerprint density at radius 2 is 2.12 bits per heavy atom. The van der Waals surface area contributed by atoms with Crippen molar-refractivity contribution in [2.75, 3.05) is 19.6 Å². The van der Waals surface area contributed by atoms with E-state index in [1.165, 1.54) is 12.3 Å². The van der Waals surface area contributed by atoms with E-state index in [2.05, 4.69) is 15.2 Å². The Morgan fingerprint density at radius 3 is 2.79 bits per heavy atom. The summed E-state index contributed by atoms with van der Waals surface area (Å²) in [5.74, 6) is -1.05. The van der Waals surface area contributed by atoms with Crippen LogP contribution in [0.4, 0.5) is 19.0 Å². The molecule has 1 unspecified atom stereocenters. The Labute approximate surface area is 186 Å². The maximum atomic E-state index is 12.9. The van der Waals surface area contributed by atoms with Gasteiger partial charge in [-0.3, -0.25) is 9.47 Å². The lowest BCUT2D eigenvalue weighted by Crippen LogP contribution is -2.49. The summed E-state index contributed by atoms with van der Waals surface area (Å²) in [7, 11) is 0. The second-order valence-corrected chi connectivity index (χ2v) is 9.11. The Bertz CT molecular complexity index is 1160. The van der Waals surface area contributed by atoms with Crippen LogP contribution in [0.1, 0.15) is 31.8 Å². The van der Waals surface area contributed by atoms with Crippen molar-refractivity contribution in [3.05, 3.63) is 63.4 Å². The van der Waals surface area contributed by atoms with Crippen molar-refractivity contribution in [3.63, 3.8) is 0 Å². The molecule has 0 bridgehead atoms. The van der Waals surface area contributed by atoms with Crippen molar-refractivity contribution in [2.45, 2.75) is 44.1 Å². The minimum absolute atomic E-state index is 0.204. The second-order valence-electron chi connectivity index (χ2n) is 9.11. The summed E-state index contributed by atoms with van der Waals surface area (Å²) >= 11 is 0. The molecule has 0 aromatic carbocycles. The van der Waals surface area contributed by atoms with Gasteiger partial charge in [0.2, 0.25) is 5.76 Å². The van der Waals surface area contributed by atoms with Crippen LogP contribution in [-0.4, -0.2) is 44.6 Å². The quantitative estimate of drug-likeness (QED) is 0.544. The van der Waals surface area contributed by atoms with E-state index >= 15 is 0 Å². The molecular formula is C21H22F3N5O4. The van der Waals surface area contributed by atoms with E-state index in [-0.39, 0.29) is 17.6 Å².